The molecule has 1 heterocycles. The zero-order chi connectivity index (χ0) is 12.5. The maximum absolute atomic E-state index is 5.87. The van der Waals surface area contributed by atoms with E-state index in [0.29, 0.717) is 6.54 Å². The summed E-state index contributed by atoms with van der Waals surface area (Å²) in [6.45, 7) is 4.75. The van der Waals surface area contributed by atoms with E-state index >= 15 is 0 Å². The Balaban J connectivity index is 2.00. The molecule has 0 aliphatic carbocycles. The molecule has 2 aromatic rings. The number of hydrogen-bond donors (Lipinski definition) is 1. The van der Waals surface area contributed by atoms with Crippen LogP contribution >= 0.6 is 0 Å². The molecule has 1 aliphatic rings. The summed E-state index contributed by atoms with van der Waals surface area (Å²) in [6.07, 6.45) is 0. The third-order valence-electron chi connectivity index (χ3n) is 3.70. The molecule has 0 saturated carbocycles. The van der Waals surface area contributed by atoms with E-state index in [0.717, 1.165) is 13.1 Å². The third-order valence-corrected chi connectivity index (χ3v) is 3.70. The zero-order valence-electron chi connectivity index (χ0n) is 10.7. The predicted molar refractivity (Wildman–Crippen MR) is 75.4 cm³/mol. The van der Waals surface area contributed by atoms with Gasteiger partial charge < -0.3 is 10.6 Å². The first-order valence-corrected chi connectivity index (χ1v) is 6.40. The van der Waals surface area contributed by atoms with Gasteiger partial charge >= 0.3 is 0 Å². The standard InChI is InChI=1S/C16H18N2/c1-12-5-4-8-13(9-17)16(12)18-10-14-6-2-3-7-15(14)11-18/h2-8H,9-11,17H2,1H3. The van der Waals surface area contributed by atoms with E-state index in [2.05, 4.69) is 54.3 Å². The van der Waals surface area contributed by atoms with Crippen LogP contribution in [0.5, 0.6) is 0 Å². The lowest BCUT2D eigenvalue weighted by Gasteiger charge is -2.23. The Morgan fingerprint density at radius 2 is 1.67 bits per heavy atom. The number of para-hydroxylation sites is 1. The number of nitrogens with two attached hydrogens (primary N) is 1. The lowest BCUT2D eigenvalue weighted by Crippen LogP contribution is -2.18. The van der Waals surface area contributed by atoms with Gasteiger partial charge in [-0.1, -0.05) is 42.5 Å². The van der Waals surface area contributed by atoms with E-state index < -0.39 is 0 Å². The minimum Gasteiger partial charge on any atom is -0.362 e. The molecule has 0 fully saturated rings. The first kappa shape index (κ1) is 11.3. The van der Waals surface area contributed by atoms with Crippen molar-refractivity contribution in [3.05, 3.63) is 64.7 Å². The Kier molecular flexibility index (Phi) is 2.80. The number of anilines is 1. The number of hydrogen-bond acceptors (Lipinski definition) is 2. The lowest BCUT2D eigenvalue weighted by atomic mass is 10.1. The highest BCUT2D eigenvalue weighted by atomic mass is 15.1. The van der Waals surface area contributed by atoms with Crippen LogP contribution in [-0.4, -0.2) is 0 Å². The summed E-state index contributed by atoms with van der Waals surface area (Å²) in [6, 6.07) is 15.0. The largest absolute Gasteiger partial charge is 0.362 e. The monoisotopic (exact) mass is 238 g/mol. The van der Waals surface area contributed by atoms with Gasteiger partial charge in [-0.3, -0.25) is 0 Å². The first-order chi connectivity index (χ1) is 8.79. The molecular weight excluding hydrogens is 220 g/mol. The number of benzene rings is 2. The van der Waals surface area contributed by atoms with Gasteiger partial charge in [-0.2, -0.15) is 0 Å². The topological polar surface area (TPSA) is 29.3 Å². The van der Waals surface area contributed by atoms with E-state index in [1.807, 2.05) is 0 Å². The maximum atomic E-state index is 5.87. The van der Waals surface area contributed by atoms with Crippen LogP contribution in [0.1, 0.15) is 22.3 Å². The number of nitrogens with zero attached hydrogens (tertiary/aromatic N) is 1. The minimum atomic E-state index is 0.601. The highest BCUT2D eigenvalue weighted by Crippen LogP contribution is 2.32. The molecule has 0 saturated heterocycles. The number of aryl methyl sites for hydroxylation is 1. The second-order valence-corrected chi connectivity index (χ2v) is 4.91. The van der Waals surface area contributed by atoms with Gasteiger partial charge in [-0.05, 0) is 29.2 Å². The molecule has 0 amide bonds. The summed E-state index contributed by atoms with van der Waals surface area (Å²) in [5, 5.41) is 0. The van der Waals surface area contributed by atoms with Gasteiger partial charge in [0.2, 0.25) is 0 Å². The average Bonchev–Trinajstić information content (AvgIpc) is 2.81. The molecule has 0 unspecified atom stereocenters. The summed E-state index contributed by atoms with van der Waals surface area (Å²) in [5.74, 6) is 0. The summed E-state index contributed by atoms with van der Waals surface area (Å²) in [5.41, 5.74) is 12.6. The smallest absolute Gasteiger partial charge is 0.0447 e. The van der Waals surface area contributed by atoms with E-state index in [1.165, 1.54) is 27.9 Å². The summed E-state index contributed by atoms with van der Waals surface area (Å²) < 4.78 is 0. The Bertz CT molecular complexity index is 550. The SMILES string of the molecule is Cc1cccc(CN)c1N1Cc2ccccc2C1. The van der Waals surface area contributed by atoms with Crippen LogP contribution in [0, 0.1) is 6.92 Å². The molecule has 0 aromatic heterocycles. The summed E-state index contributed by atoms with van der Waals surface area (Å²) in [4.78, 5) is 2.43. The number of fused-ring (bicyclic) bond motifs is 1. The molecule has 92 valence electrons. The van der Waals surface area contributed by atoms with Crippen molar-refractivity contribution in [2.75, 3.05) is 4.90 Å². The van der Waals surface area contributed by atoms with Gasteiger partial charge in [-0.15, -0.1) is 0 Å². The second kappa shape index (κ2) is 4.46. The van der Waals surface area contributed by atoms with E-state index in [4.69, 9.17) is 5.73 Å². The first-order valence-electron chi connectivity index (χ1n) is 6.40. The minimum absolute atomic E-state index is 0.601. The molecule has 0 bridgehead atoms. The van der Waals surface area contributed by atoms with Crippen LogP contribution in [0.15, 0.2) is 42.5 Å². The molecule has 2 nitrogen and oxygen atoms in total. The van der Waals surface area contributed by atoms with Crippen LogP contribution in [-0.2, 0) is 19.6 Å². The Labute approximate surface area is 108 Å². The van der Waals surface area contributed by atoms with Crippen molar-refractivity contribution >= 4 is 5.69 Å². The molecule has 0 spiro atoms. The Morgan fingerprint density at radius 1 is 1.00 bits per heavy atom. The van der Waals surface area contributed by atoms with Gasteiger partial charge in [0.15, 0.2) is 0 Å². The Morgan fingerprint density at radius 3 is 2.28 bits per heavy atom. The molecular formula is C16H18N2. The third kappa shape index (κ3) is 1.79. The maximum Gasteiger partial charge on any atom is 0.0447 e. The predicted octanol–water partition coefficient (Wildman–Crippen LogP) is 2.97. The van der Waals surface area contributed by atoms with E-state index in [9.17, 15) is 0 Å². The van der Waals surface area contributed by atoms with Gasteiger partial charge in [0.25, 0.3) is 0 Å². The van der Waals surface area contributed by atoms with Crippen LogP contribution < -0.4 is 10.6 Å². The van der Waals surface area contributed by atoms with Crippen molar-refractivity contribution < 1.29 is 0 Å². The normalized spacial score (nSPS) is 13.8. The van der Waals surface area contributed by atoms with Crippen molar-refractivity contribution in [2.45, 2.75) is 26.6 Å². The fourth-order valence-corrected chi connectivity index (χ4v) is 2.83. The van der Waals surface area contributed by atoms with E-state index in [-0.39, 0.29) is 0 Å². The lowest BCUT2D eigenvalue weighted by molar-refractivity contribution is 0.859. The van der Waals surface area contributed by atoms with Crippen LogP contribution in [0.3, 0.4) is 0 Å². The van der Waals surface area contributed by atoms with Gasteiger partial charge in [0.05, 0.1) is 0 Å². The average molecular weight is 238 g/mol. The highest BCUT2D eigenvalue weighted by molar-refractivity contribution is 5.61. The molecule has 18 heavy (non-hydrogen) atoms. The van der Waals surface area contributed by atoms with Crippen molar-refractivity contribution in [3.63, 3.8) is 0 Å². The molecule has 0 atom stereocenters. The Hall–Kier alpha value is -1.80. The zero-order valence-corrected chi connectivity index (χ0v) is 10.7. The molecule has 2 N–H and O–H groups in total. The quantitative estimate of drug-likeness (QED) is 0.871. The van der Waals surface area contributed by atoms with Crippen LogP contribution in [0.2, 0.25) is 0 Å². The fourth-order valence-electron chi connectivity index (χ4n) is 2.83. The number of rotatable bonds is 2. The van der Waals surface area contributed by atoms with Crippen molar-refractivity contribution in [1.29, 1.82) is 0 Å². The second-order valence-electron chi connectivity index (χ2n) is 4.91. The van der Waals surface area contributed by atoms with Crippen LogP contribution in [0.25, 0.3) is 0 Å². The van der Waals surface area contributed by atoms with Crippen molar-refractivity contribution in [2.24, 2.45) is 5.73 Å². The van der Waals surface area contributed by atoms with Crippen LogP contribution in [0.4, 0.5) is 5.69 Å². The molecule has 3 rings (SSSR count). The van der Waals surface area contributed by atoms with E-state index in [1.54, 1.807) is 0 Å². The summed E-state index contributed by atoms with van der Waals surface area (Å²) >= 11 is 0. The summed E-state index contributed by atoms with van der Waals surface area (Å²) in [7, 11) is 0. The molecule has 2 aromatic carbocycles. The van der Waals surface area contributed by atoms with Crippen molar-refractivity contribution in [3.8, 4) is 0 Å². The van der Waals surface area contributed by atoms with Crippen molar-refractivity contribution in [1.82, 2.24) is 0 Å². The molecule has 1 aliphatic heterocycles. The molecule has 0 radical (unpaired) electrons. The van der Waals surface area contributed by atoms with Gasteiger partial charge in [0.1, 0.15) is 0 Å². The fraction of sp³-hybridized carbons (Fsp3) is 0.250. The highest BCUT2D eigenvalue weighted by Gasteiger charge is 2.21. The van der Waals surface area contributed by atoms with Gasteiger partial charge in [-0.25, -0.2) is 0 Å². The van der Waals surface area contributed by atoms with Gasteiger partial charge in [0, 0.05) is 25.3 Å². The molecule has 2 heteroatoms.